The van der Waals surface area contributed by atoms with Gasteiger partial charge in [-0.2, -0.15) is 10.2 Å². The van der Waals surface area contributed by atoms with Gasteiger partial charge in [0.15, 0.2) is 0 Å². The quantitative estimate of drug-likeness (QED) is 0.709. The summed E-state index contributed by atoms with van der Waals surface area (Å²) in [4.78, 5) is 7.22. The lowest BCUT2D eigenvalue weighted by atomic mass is 10.2. The second-order valence-corrected chi connectivity index (χ2v) is 5.17. The zero-order valence-electron chi connectivity index (χ0n) is 11.8. The molecule has 0 fully saturated rings. The molecule has 0 aromatic carbocycles. The first-order chi connectivity index (χ1) is 10.4. The molecular weight excluding hydrogens is 321 g/mol. The molecule has 0 saturated heterocycles. The van der Waals surface area contributed by atoms with Crippen LogP contribution in [0.4, 0.5) is 8.78 Å². The van der Waals surface area contributed by atoms with Crippen molar-refractivity contribution in [2.24, 2.45) is 0 Å². The number of rotatable bonds is 8. The average molecular weight is 336 g/mol. The number of hydrogen-bond acceptors (Lipinski definition) is 7. The molecule has 2 rings (SSSR count). The number of H-pyrrole nitrogens is 2. The first-order valence-electron chi connectivity index (χ1n) is 6.46. The van der Waals surface area contributed by atoms with Crippen molar-refractivity contribution in [3.8, 4) is 0 Å². The van der Waals surface area contributed by atoms with Crippen LogP contribution >= 0.6 is 8.25 Å². The average Bonchev–Trinajstić information content (AvgIpc) is 3.19. The molecule has 22 heavy (non-hydrogen) atoms. The molecule has 9 nitrogen and oxygen atoms in total. The number of halogens is 2. The maximum atomic E-state index is 14.6. The molecule has 0 radical (unpaired) electrons. The molecule has 122 valence electrons. The molecule has 0 aliphatic heterocycles. The monoisotopic (exact) mass is 336 g/mol. The van der Waals surface area contributed by atoms with Crippen LogP contribution in [-0.4, -0.2) is 30.4 Å². The Labute approximate surface area is 124 Å². The third-order valence-electron chi connectivity index (χ3n) is 2.90. The summed E-state index contributed by atoms with van der Waals surface area (Å²) in [6, 6.07) is 0. The van der Waals surface area contributed by atoms with Gasteiger partial charge in [-0.15, -0.1) is 0 Å². The molecule has 2 heterocycles. The fourth-order valence-electron chi connectivity index (χ4n) is 1.61. The number of aromatic nitrogens is 6. The van der Waals surface area contributed by atoms with E-state index in [1.54, 1.807) is 0 Å². The van der Waals surface area contributed by atoms with Gasteiger partial charge in [0.05, 0.1) is 0 Å². The van der Waals surface area contributed by atoms with Crippen molar-refractivity contribution in [2.45, 2.75) is 38.4 Å². The SMILES string of the molecule is CCC(F)(O[PH](=O)OC(F)(CC)c1nc[nH]n1)c1nc[nH]n1. The van der Waals surface area contributed by atoms with E-state index < -0.39 is 20.0 Å². The van der Waals surface area contributed by atoms with Gasteiger partial charge in [-0.25, -0.2) is 18.7 Å². The standard InChI is InChI=1S/C10H15F2N6O3P/c1-3-9(11,7-13-5-15-17-7)20-22(19)21-10(12,4-2)8-14-6-16-18-8/h5-6,22H,3-4H2,1-2H3,(H,13,15,17)(H,14,16,18). The van der Waals surface area contributed by atoms with Crippen LogP contribution in [0.15, 0.2) is 12.7 Å². The summed E-state index contributed by atoms with van der Waals surface area (Å²) in [6.45, 7) is 2.87. The van der Waals surface area contributed by atoms with Gasteiger partial charge >= 0.3 is 8.25 Å². The summed E-state index contributed by atoms with van der Waals surface area (Å²) in [5.74, 6) is -5.81. The normalized spacial score (nSPS) is 18.5. The maximum absolute atomic E-state index is 14.6. The van der Waals surface area contributed by atoms with Crippen molar-refractivity contribution in [1.82, 2.24) is 30.4 Å². The molecule has 2 aromatic rings. The van der Waals surface area contributed by atoms with E-state index in [2.05, 4.69) is 30.4 Å². The lowest BCUT2D eigenvalue weighted by molar-refractivity contribution is -0.123. The summed E-state index contributed by atoms with van der Waals surface area (Å²) in [5.41, 5.74) is 0. The Morgan fingerprint density at radius 1 is 1.05 bits per heavy atom. The number of nitrogens with zero attached hydrogens (tertiary/aromatic N) is 4. The highest BCUT2D eigenvalue weighted by molar-refractivity contribution is 7.33. The Balaban J connectivity index is 2.12. The van der Waals surface area contributed by atoms with E-state index in [0.717, 1.165) is 12.7 Å². The van der Waals surface area contributed by atoms with Crippen LogP contribution in [0.1, 0.15) is 38.3 Å². The van der Waals surface area contributed by atoms with Crippen LogP contribution in [0.3, 0.4) is 0 Å². The Bertz CT molecular complexity index is 560. The fourth-order valence-corrected chi connectivity index (χ4v) is 2.66. The molecule has 0 bridgehead atoms. The minimum absolute atomic E-state index is 0.239. The molecule has 0 aliphatic carbocycles. The molecule has 2 atom stereocenters. The molecule has 0 saturated carbocycles. The maximum Gasteiger partial charge on any atom is 0.325 e. The van der Waals surface area contributed by atoms with Gasteiger partial charge in [-0.05, 0) is 0 Å². The van der Waals surface area contributed by atoms with Gasteiger partial charge < -0.3 is 0 Å². The zero-order chi connectivity index (χ0) is 16.2. The predicted octanol–water partition coefficient (Wildman–Crippen LogP) is 2.11. The molecule has 2 aromatic heterocycles. The minimum Gasteiger partial charge on any atom is -0.266 e. The number of hydrogen-bond donors (Lipinski definition) is 2. The van der Waals surface area contributed by atoms with E-state index in [0.29, 0.717) is 0 Å². The summed E-state index contributed by atoms with van der Waals surface area (Å²) in [5, 5.41) is 11.7. The van der Waals surface area contributed by atoms with Crippen LogP contribution in [0, 0.1) is 0 Å². The smallest absolute Gasteiger partial charge is 0.266 e. The highest BCUT2D eigenvalue weighted by Crippen LogP contribution is 2.45. The summed E-state index contributed by atoms with van der Waals surface area (Å²) >= 11 is 0. The van der Waals surface area contributed by atoms with Crippen molar-refractivity contribution in [3.05, 3.63) is 24.3 Å². The third-order valence-corrected chi connectivity index (χ3v) is 3.88. The van der Waals surface area contributed by atoms with Gasteiger partial charge in [-0.1, -0.05) is 13.8 Å². The van der Waals surface area contributed by atoms with Crippen molar-refractivity contribution in [1.29, 1.82) is 0 Å². The van der Waals surface area contributed by atoms with Crippen LogP contribution in [-0.2, 0) is 25.3 Å². The highest BCUT2D eigenvalue weighted by atomic mass is 31.1. The van der Waals surface area contributed by atoms with Gasteiger partial charge in [0.25, 0.3) is 11.7 Å². The van der Waals surface area contributed by atoms with Gasteiger partial charge in [0, 0.05) is 12.8 Å². The summed E-state index contributed by atoms with van der Waals surface area (Å²) in [7, 11) is -3.57. The Morgan fingerprint density at radius 2 is 1.45 bits per heavy atom. The van der Waals surface area contributed by atoms with Gasteiger partial charge in [0.2, 0.25) is 11.6 Å². The van der Waals surface area contributed by atoms with E-state index in [1.165, 1.54) is 13.8 Å². The molecule has 0 aliphatic rings. The largest absolute Gasteiger partial charge is 0.325 e. The number of aromatic amines is 2. The Hall–Kier alpha value is -1.71. The second-order valence-electron chi connectivity index (χ2n) is 4.26. The minimum atomic E-state index is -3.57. The second kappa shape index (κ2) is 6.59. The first-order valence-corrected chi connectivity index (χ1v) is 7.68. The topological polar surface area (TPSA) is 119 Å². The van der Waals surface area contributed by atoms with Crippen LogP contribution in [0.25, 0.3) is 0 Å². The molecule has 12 heteroatoms. The van der Waals surface area contributed by atoms with E-state index in [-0.39, 0.29) is 24.5 Å². The van der Waals surface area contributed by atoms with E-state index in [4.69, 9.17) is 9.05 Å². The lowest BCUT2D eigenvalue weighted by Gasteiger charge is -2.24. The fraction of sp³-hybridized carbons (Fsp3) is 0.600. The van der Waals surface area contributed by atoms with Crippen LogP contribution in [0.2, 0.25) is 0 Å². The molecule has 2 unspecified atom stereocenters. The first kappa shape index (κ1) is 16.7. The highest BCUT2D eigenvalue weighted by Gasteiger charge is 2.42. The van der Waals surface area contributed by atoms with Crippen molar-refractivity contribution in [2.75, 3.05) is 0 Å². The van der Waals surface area contributed by atoms with Crippen LogP contribution < -0.4 is 0 Å². The van der Waals surface area contributed by atoms with Gasteiger partial charge in [0.1, 0.15) is 12.7 Å². The van der Waals surface area contributed by atoms with Crippen molar-refractivity contribution in [3.63, 3.8) is 0 Å². The molecule has 0 spiro atoms. The summed E-state index contributed by atoms with van der Waals surface area (Å²) in [6.07, 6.45) is 1.80. The Morgan fingerprint density at radius 3 is 1.73 bits per heavy atom. The summed E-state index contributed by atoms with van der Waals surface area (Å²) < 4.78 is 50.5. The van der Waals surface area contributed by atoms with E-state index in [9.17, 15) is 13.3 Å². The predicted molar refractivity (Wildman–Crippen MR) is 70.1 cm³/mol. The van der Waals surface area contributed by atoms with Gasteiger partial charge in [-0.3, -0.25) is 23.8 Å². The number of alkyl halides is 2. The van der Waals surface area contributed by atoms with E-state index >= 15 is 0 Å². The molecule has 0 amide bonds. The molecular formula is C10H15F2N6O3P. The Kier molecular flexibility index (Phi) is 4.99. The zero-order valence-corrected chi connectivity index (χ0v) is 12.8. The molecule has 2 N–H and O–H groups in total. The van der Waals surface area contributed by atoms with Crippen LogP contribution in [0.5, 0.6) is 0 Å². The third kappa shape index (κ3) is 3.37. The van der Waals surface area contributed by atoms with E-state index in [1.807, 2.05) is 0 Å². The van der Waals surface area contributed by atoms with Crippen molar-refractivity contribution >= 4 is 8.25 Å². The lowest BCUT2D eigenvalue weighted by Crippen LogP contribution is -2.26. The van der Waals surface area contributed by atoms with Crippen molar-refractivity contribution < 1.29 is 22.4 Å². The number of nitrogens with one attached hydrogen (secondary N) is 2.